The molecule has 0 spiro atoms. The Balaban J connectivity index is 2.46. The van der Waals surface area contributed by atoms with E-state index in [0.29, 0.717) is 23.5 Å². The summed E-state index contributed by atoms with van der Waals surface area (Å²) in [6.45, 7) is 3.50. The van der Waals surface area contributed by atoms with Crippen molar-refractivity contribution in [1.82, 2.24) is 0 Å². The van der Waals surface area contributed by atoms with Crippen molar-refractivity contribution in [3.63, 3.8) is 0 Å². The Labute approximate surface area is 126 Å². The Bertz CT molecular complexity index is 673. The highest BCUT2D eigenvalue weighted by Crippen LogP contribution is 2.35. The molecule has 0 saturated heterocycles. The van der Waals surface area contributed by atoms with Crippen LogP contribution in [0.4, 0.5) is 13.2 Å². The highest BCUT2D eigenvalue weighted by atomic mass is 19.4. The third-order valence-electron chi connectivity index (χ3n) is 3.20. The van der Waals surface area contributed by atoms with Gasteiger partial charge in [0.25, 0.3) is 0 Å². The second-order valence-electron chi connectivity index (χ2n) is 4.77. The fourth-order valence-electron chi connectivity index (χ4n) is 2.18. The second-order valence-corrected chi connectivity index (χ2v) is 4.77. The lowest BCUT2D eigenvalue weighted by molar-refractivity contribution is -0.137. The van der Waals surface area contributed by atoms with Crippen LogP contribution in [0.15, 0.2) is 42.5 Å². The standard InChI is InChI=1S/C17H15F3O2/c1-3-22-14-7-4-12(5-8-14)13-6-9-15(11(2)21)16(10-13)17(18,19)20/h4-10H,3H2,1-2H3. The molecule has 0 atom stereocenters. The maximum absolute atomic E-state index is 13.1. The molecule has 5 heteroatoms. The molecule has 0 fully saturated rings. The second kappa shape index (κ2) is 6.22. The van der Waals surface area contributed by atoms with Gasteiger partial charge in [-0.25, -0.2) is 0 Å². The molecule has 0 heterocycles. The summed E-state index contributed by atoms with van der Waals surface area (Å²) >= 11 is 0. The Morgan fingerprint density at radius 2 is 1.64 bits per heavy atom. The normalized spacial score (nSPS) is 11.3. The van der Waals surface area contributed by atoms with Gasteiger partial charge in [0, 0.05) is 5.56 Å². The minimum Gasteiger partial charge on any atom is -0.494 e. The molecular formula is C17H15F3O2. The number of Topliss-reactive ketones (excluding diaryl/α,β-unsaturated/α-hetero) is 1. The molecule has 0 unspecified atom stereocenters. The van der Waals surface area contributed by atoms with E-state index >= 15 is 0 Å². The molecule has 0 saturated carbocycles. The zero-order chi connectivity index (χ0) is 16.3. The topological polar surface area (TPSA) is 26.3 Å². The van der Waals surface area contributed by atoms with Gasteiger partial charge in [0.15, 0.2) is 5.78 Å². The van der Waals surface area contributed by atoms with Crippen molar-refractivity contribution in [1.29, 1.82) is 0 Å². The molecular weight excluding hydrogens is 293 g/mol. The molecule has 0 bridgehead atoms. The van der Waals surface area contributed by atoms with Crippen LogP contribution in [0.3, 0.4) is 0 Å². The summed E-state index contributed by atoms with van der Waals surface area (Å²) in [5.41, 5.74) is -0.196. The van der Waals surface area contributed by atoms with Gasteiger partial charge in [-0.2, -0.15) is 13.2 Å². The lowest BCUT2D eigenvalue weighted by atomic mass is 9.97. The van der Waals surface area contributed by atoms with Crippen LogP contribution in [0.1, 0.15) is 29.8 Å². The van der Waals surface area contributed by atoms with Crippen molar-refractivity contribution in [2.45, 2.75) is 20.0 Å². The van der Waals surface area contributed by atoms with Gasteiger partial charge in [0.05, 0.1) is 12.2 Å². The molecule has 0 aliphatic rings. The monoisotopic (exact) mass is 308 g/mol. The lowest BCUT2D eigenvalue weighted by Gasteiger charge is -2.13. The molecule has 2 nitrogen and oxygen atoms in total. The Morgan fingerprint density at radius 3 is 2.14 bits per heavy atom. The fourth-order valence-corrected chi connectivity index (χ4v) is 2.18. The summed E-state index contributed by atoms with van der Waals surface area (Å²) in [5.74, 6) is 0.0493. The lowest BCUT2D eigenvalue weighted by Crippen LogP contribution is -2.11. The number of rotatable bonds is 4. The molecule has 116 valence electrons. The first-order valence-corrected chi connectivity index (χ1v) is 6.78. The SMILES string of the molecule is CCOc1ccc(-c2ccc(C(C)=O)c(C(F)(F)F)c2)cc1. The number of hydrogen-bond donors (Lipinski definition) is 0. The number of carbonyl (C=O) groups excluding carboxylic acids is 1. The number of benzene rings is 2. The third kappa shape index (κ3) is 3.47. The van der Waals surface area contributed by atoms with Gasteiger partial charge >= 0.3 is 6.18 Å². The summed E-state index contributed by atoms with van der Waals surface area (Å²) in [5, 5.41) is 0. The minimum atomic E-state index is -4.57. The van der Waals surface area contributed by atoms with E-state index < -0.39 is 17.5 Å². The van der Waals surface area contributed by atoms with E-state index in [1.807, 2.05) is 6.92 Å². The number of hydrogen-bond acceptors (Lipinski definition) is 2. The predicted molar refractivity (Wildman–Crippen MR) is 78.1 cm³/mol. The number of carbonyl (C=O) groups is 1. The Hall–Kier alpha value is -2.30. The molecule has 0 N–H and O–H groups in total. The molecule has 2 rings (SSSR count). The van der Waals surface area contributed by atoms with E-state index in [-0.39, 0.29) is 5.56 Å². The average molecular weight is 308 g/mol. The van der Waals surface area contributed by atoms with Gasteiger partial charge in [0.1, 0.15) is 5.75 Å². The van der Waals surface area contributed by atoms with Crippen molar-refractivity contribution in [2.75, 3.05) is 6.61 Å². The van der Waals surface area contributed by atoms with E-state index in [1.54, 1.807) is 24.3 Å². The van der Waals surface area contributed by atoms with E-state index in [1.165, 1.54) is 12.1 Å². The highest BCUT2D eigenvalue weighted by molar-refractivity contribution is 5.96. The van der Waals surface area contributed by atoms with Crippen LogP contribution in [0.25, 0.3) is 11.1 Å². The van der Waals surface area contributed by atoms with Crippen LogP contribution in [0, 0.1) is 0 Å². The first-order chi connectivity index (χ1) is 10.3. The number of ether oxygens (including phenoxy) is 1. The average Bonchev–Trinajstić information content (AvgIpc) is 2.47. The van der Waals surface area contributed by atoms with Crippen molar-refractivity contribution in [2.24, 2.45) is 0 Å². The first-order valence-electron chi connectivity index (χ1n) is 6.78. The van der Waals surface area contributed by atoms with Gasteiger partial charge in [0.2, 0.25) is 0 Å². The molecule has 0 aliphatic carbocycles. The highest BCUT2D eigenvalue weighted by Gasteiger charge is 2.34. The van der Waals surface area contributed by atoms with E-state index in [0.717, 1.165) is 13.0 Å². The van der Waals surface area contributed by atoms with E-state index in [9.17, 15) is 18.0 Å². The molecule has 2 aromatic rings. The number of ketones is 1. The van der Waals surface area contributed by atoms with Crippen molar-refractivity contribution >= 4 is 5.78 Å². The van der Waals surface area contributed by atoms with Crippen LogP contribution in [-0.2, 0) is 6.18 Å². The summed E-state index contributed by atoms with van der Waals surface area (Å²) in [6.07, 6.45) is -4.57. The van der Waals surface area contributed by atoms with Gasteiger partial charge in [-0.05, 0) is 43.2 Å². The summed E-state index contributed by atoms with van der Waals surface area (Å²) in [4.78, 5) is 11.4. The molecule has 0 aromatic heterocycles. The third-order valence-corrected chi connectivity index (χ3v) is 3.20. The van der Waals surface area contributed by atoms with Gasteiger partial charge < -0.3 is 4.74 Å². The van der Waals surface area contributed by atoms with Gasteiger partial charge in [-0.15, -0.1) is 0 Å². The van der Waals surface area contributed by atoms with E-state index in [2.05, 4.69) is 0 Å². The van der Waals surface area contributed by atoms with E-state index in [4.69, 9.17) is 4.74 Å². The summed E-state index contributed by atoms with van der Waals surface area (Å²) in [6, 6.07) is 10.5. The zero-order valence-corrected chi connectivity index (χ0v) is 12.2. The van der Waals surface area contributed by atoms with Crippen molar-refractivity contribution < 1.29 is 22.7 Å². The zero-order valence-electron chi connectivity index (χ0n) is 12.2. The summed E-state index contributed by atoms with van der Waals surface area (Å²) in [7, 11) is 0. The minimum absolute atomic E-state index is 0.317. The maximum Gasteiger partial charge on any atom is 0.417 e. The maximum atomic E-state index is 13.1. The Kier molecular flexibility index (Phi) is 4.54. The largest absolute Gasteiger partial charge is 0.494 e. The molecule has 0 aliphatic heterocycles. The molecule has 2 aromatic carbocycles. The van der Waals surface area contributed by atoms with Crippen LogP contribution in [0.2, 0.25) is 0 Å². The number of alkyl halides is 3. The van der Waals surface area contributed by atoms with Crippen LogP contribution in [0.5, 0.6) is 5.75 Å². The molecule has 22 heavy (non-hydrogen) atoms. The Morgan fingerprint density at radius 1 is 1.05 bits per heavy atom. The van der Waals surface area contributed by atoms with Crippen molar-refractivity contribution in [3.8, 4) is 16.9 Å². The first kappa shape index (κ1) is 16.1. The van der Waals surface area contributed by atoms with Crippen LogP contribution < -0.4 is 4.74 Å². The smallest absolute Gasteiger partial charge is 0.417 e. The molecule has 0 amide bonds. The molecule has 0 radical (unpaired) electrons. The fraction of sp³-hybridized carbons (Fsp3) is 0.235. The van der Waals surface area contributed by atoms with Gasteiger partial charge in [-0.1, -0.05) is 24.3 Å². The quantitative estimate of drug-likeness (QED) is 0.745. The predicted octanol–water partition coefficient (Wildman–Crippen LogP) is 4.97. The van der Waals surface area contributed by atoms with Crippen molar-refractivity contribution in [3.05, 3.63) is 53.6 Å². The van der Waals surface area contributed by atoms with Crippen LogP contribution in [-0.4, -0.2) is 12.4 Å². The van der Waals surface area contributed by atoms with Crippen LogP contribution >= 0.6 is 0 Å². The van der Waals surface area contributed by atoms with Gasteiger partial charge in [-0.3, -0.25) is 4.79 Å². The number of halogens is 3. The summed E-state index contributed by atoms with van der Waals surface area (Å²) < 4.78 is 44.6.